The van der Waals surface area contributed by atoms with Crippen LogP contribution in [0.1, 0.15) is 30.0 Å². The molecule has 0 saturated carbocycles. The summed E-state index contributed by atoms with van der Waals surface area (Å²) in [6.45, 7) is 1.95. The molecule has 4 rings (SSSR count). The van der Waals surface area contributed by atoms with Crippen molar-refractivity contribution >= 4 is 28.5 Å². The van der Waals surface area contributed by atoms with E-state index in [-0.39, 0.29) is 6.03 Å². The molecule has 3 heterocycles. The van der Waals surface area contributed by atoms with Crippen LogP contribution < -0.4 is 5.32 Å². The topological polar surface area (TPSA) is 61.0 Å². The number of para-hydroxylation sites is 1. The van der Waals surface area contributed by atoms with Gasteiger partial charge in [0, 0.05) is 36.4 Å². The highest BCUT2D eigenvalue weighted by atomic mass is 35.5. The minimum atomic E-state index is -0.0286. The summed E-state index contributed by atoms with van der Waals surface area (Å²) in [5.74, 6) is 0.494. The largest absolute Gasteiger partial charge is 0.361 e. The van der Waals surface area contributed by atoms with Crippen molar-refractivity contribution < 1.29 is 4.79 Å². The number of amides is 2. The van der Waals surface area contributed by atoms with Crippen molar-refractivity contribution in [1.29, 1.82) is 0 Å². The molecule has 5 nitrogen and oxygen atoms in total. The maximum Gasteiger partial charge on any atom is 0.317 e. The van der Waals surface area contributed by atoms with Crippen LogP contribution in [0.15, 0.2) is 48.8 Å². The molecule has 2 amide bonds. The Kier molecular flexibility index (Phi) is 4.80. The molecule has 1 aromatic carbocycles. The number of piperidine rings is 1. The molecule has 1 saturated heterocycles. The minimum Gasteiger partial charge on any atom is -0.361 e. The van der Waals surface area contributed by atoms with Crippen LogP contribution in [0.2, 0.25) is 5.02 Å². The second-order valence-electron chi connectivity index (χ2n) is 6.68. The van der Waals surface area contributed by atoms with Gasteiger partial charge in [0.2, 0.25) is 0 Å². The predicted octanol–water partition coefficient (Wildman–Crippen LogP) is 4.31. The number of benzene rings is 1. The normalized spacial score (nSPS) is 15.3. The van der Waals surface area contributed by atoms with Gasteiger partial charge in [0.15, 0.2) is 0 Å². The fraction of sp³-hybridized carbons (Fsp3) is 0.300. The van der Waals surface area contributed by atoms with Crippen LogP contribution >= 0.6 is 11.6 Å². The van der Waals surface area contributed by atoms with Gasteiger partial charge < -0.3 is 15.2 Å². The van der Waals surface area contributed by atoms with Crippen LogP contribution in [0.4, 0.5) is 4.79 Å². The summed E-state index contributed by atoms with van der Waals surface area (Å²) in [6, 6.07) is 12.0. The minimum absolute atomic E-state index is 0.0286. The molecular weight excluding hydrogens is 348 g/mol. The Morgan fingerprint density at radius 3 is 2.81 bits per heavy atom. The number of likely N-dealkylation sites (tertiary alicyclic amines) is 1. The number of halogens is 1. The summed E-state index contributed by atoms with van der Waals surface area (Å²) < 4.78 is 0. The van der Waals surface area contributed by atoms with Gasteiger partial charge in [0.05, 0.1) is 17.3 Å². The van der Waals surface area contributed by atoms with Gasteiger partial charge in [-0.3, -0.25) is 4.98 Å². The number of nitrogens with zero attached hydrogens (tertiary/aromatic N) is 2. The van der Waals surface area contributed by atoms with Gasteiger partial charge in [-0.15, -0.1) is 0 Å². The molecule has 1 fully saturated rings. The molecule has 1 aliphatic rings. The highest BCUT2D eigenvalue weighted by Crippen LogP contribution is 2.33. The first-order valence-corrected chi connectivity index (χ1v) is 9.28. The first-order valence-electron chi connectivity index (χ1n) is 8.90. The van der Waals surface area contributed by atoms with Crippen molar-refractivity contribution in [3.8, 4) is 0 Å². The van der Waals surface area contributed by atoms with Crippen LogP contribution in [0.3, 0.4) is 0 Å². The Labute approximate surface area is 157 Å². The molecule has 0 atom stereocenters. The molecule has 3 aromatic rings. The number of urea groups is 1. The van der Waals surface area contributed by atoms with Gasteiger partial charge in [-0.05, 0) is 42.5 Å². The Balaban J connectivity index is 1.33. The van der Waals surface area contributed by atoms with Crippen molar-refractivity contribution in [2.45, 2.75) is 25.3 Å². The summed E-state index contributed by atoms with van der Waals surface area (Å²) in [4.78, 5) is 21.8. The van der Waals surface area contributed by atoms with E-state index >= 15 is 0 Å². The van der Waals surface area contributed by atoms with Crippen LogP contribution in [-0.2, 0) is 6.54 Å². The Morgan fingerprint density at radius 1 is 1.23 bits per heavy atom. The van der Waals surface area contributed by atoms with Gasteiger partial charge in [0.1, 0.15) is 0 Å². The smallest absolute Gasteiger partial charge is 0.317 e. The molecule has 0 spiro atoms. The van der Waals surface area contributed by atoms with E-state index in [1.165, 1.54) is 16.5 Å². The number of hydrogen-bond acceptors (Lipinski definition) is 2. The molecule has 1 aliphatic heterocycles. The maximum atomic E-state index is 12.4. The lowest BCUT2D eigenvalue weighted by molar-refractivity contribution is 0.181. The average molecular weight is 369 g/mol. The average Bonchev–Trinajstić information content (AvgIpc) is 3.11. The molecule has 2 N–H and O–H groups in total. The Hall–Kier alpha value is -2.53. The number of rotatable bonds is 3. The van der Waals surface area contributed by atoms with Crippen molar-refractivity contribution in [1.82, 2.24) is 20.2 Å². The lowest BCUT2D eigenvalue weighted by Crippen LogP contribution is -2.43. The number of nitrogens with one attached hydrogen (secondary N) is 2. The van der Waals surface area contributed by atoms with E-state index in [1.807, 2.05) is 17.0 Å². The molecule has 0 bridgehead atoms. The molecule has 0 aliphatic carbocycles. The number of carbonyl (C=O) groups excluding carboxylic acids is 1. The second kappa shape index (κ2) is 7.38. The molecule has 0 unspecified atom stereocenters. The van der Waals surface area contributed by atoms with E-state index in [1.54, 1.807) is 12.3 Å². The maximum absolute atomic E-state index is 12.4. The molecule has 26 heavy (non-hydrogen) atoms. The van der Waals surface area contributed by atoms with Crippen LogP contribution in [0.5, 0.6) is 0 Å². The third-order valence-electron chi connectivity index (χ3n) is 5.05. The van der Waals surface area contributed by atoms with Crippen molar-refractivity contribution in [3.05, 3.63) is 65.1 Å². The third kappa shape index (κ3) is 3.53. The van der Waals surface area contributed by atoms with E-state index < -0.39 is 0 Å². The van der Waals surface area contributed by atoms with Crippen LogP contribution in [0.25, 0.3) is 10.9 Å². The first kappa shape index (κ1) is 16.9. The van der Waals surface area contributed by atoms with E-state index in [0.717, 1.165) is 31.6 Å². The summed E-state index contributed by atoms with van der Waals surface area (Å²) in [6.07, 6.45) is 5.68. The number of H-pyrrole nitrogens is 1. The number of aromatic amines is 1. The standard InChI is InChI=1S/C20H21ClN4O/c21-15-5-6-16(22-11-15)12-24-20(26)25-9-7-14(8-10-25)18-13-23-19-4-2-1-3-17(18)19/h1-6,11,13-14,23H,7-10,12H2,(H,24,26). The number of aromatic nitrogens is 2. The van der Waals surface area contributed by atoms with Crippen molar-refractivity contribution in [2.24, 2.45) is 0 Å². The number of carbonyl (C=O) groups is 1. The van der Waals surface area contributed by atoms with Gasteiger partial charge in [-0.2, -0.15) is 0 Å². The van der Waals surface area contributed by atoms with Gasteiger partial charge >= 0.3 is 6.03 Å². The lowest BCUT2D eigenvalue weighted by atomic mass is 9.89. The molecule has 2 aromatic heterocycles. The number of fused-ring (bicyclic) bond motifs is 1. The summed E-state index contributed by atoms with van der Waals surface area (Å²) in [5.41, 5.74) is 3.35. The first-order chi connectivity index (χ1) is 12.7. The highest BCUT2D eigenvalue weighted by molar-refractivity contribution is 6.30. The monoisotopic (exact) mass is 368 g/mol. The number of hydrogen-bond donors (Lipinski definition) is 2. The molecular formula is C20H21ClN4O. The van der Waals surface area contributed by atoms with Gasteiger partial charge in [-0.25, -0.2) is 4.79 Å². The summed E-state index contributed by atoms with van der Waals surface area (Å²) in [5, 5.41) is 4.83. The van der Waals surface area contributed by atoms with Crippen molar-refractivity contribution in [3.63, 3.8) is 0 Å². The van der Waals surface area contributed by atoms with E-state index in [0.29, 0.717) is 17.5 Å². The Morgan fingerprint density at radius 2 is 2.04 bits per heavy atom. The van der Waals surface area contributed by atoms with Crippen LogP contribution in [-0.4, -0.2) is 34.0 Å². The van der Waals surface area contributed by atoms with Gasteiger partial charge in [0.25, 0.3) is 0 Å². The van der Waals surface area contributed by atoms with Gasteiger partial charge in [-0.1, -0.05) is 29.8 Å². The molecule has 0 radical (unpaired) electrons. The predicted molar refractivity (Wildman–Crippen MR) is 103 cm³/mol. The number of pyridine rings is 1. The Bertz CT molecular complexity index is 898. The zero-order valence-electron chi connectivity index (χ0n) is 14.4. The quantitative estimate of drug-likeness (QED) is 0.723. The molecule has 134 valence electrons. The van der Waals surface area contributed by atoms with Crippen LogP contribution in [0, 0.1) is 0 Å². The summed E-state index contributed by atoms with van der Waals surface area (Å²) in [7, 11) is 0. The van der Waals surface area contributed by atoms with E-state index in [2.05, 4.69) is 39.7 Å². The summed E-state index contributed by atoms with van der Waals surface area (Å²) >= 11 is 5.83. The zero-order valence-corrected chi connectivity index (χ0v) is 15.2. The SMILES string of the molecule is O=C(NCc1ccc(Cl)cn1)N1CCC(c2c[nH]c3ccccc23)CC1. The molecule has 6 heteroatoms. The highest BCUT2D eigenvalue weighted by Gasteiger charge is 2.25. The third-order valence-corrected chi connectivity index (χ3v) is 5.28. The van der Waals surface area contributed by atoms with E-state index in [4.69, 9.17) is 11.6 Å². The zero-order chi connectivity index (χ0) is 17.9. The van der Waals surface area contributed by atoms with Crippen molar-refractivity contribution in [2.75, 3.05) is 13.1 Å². The fourth-order valence-corrected chi connectivity index (χ4v) is 3.73. The lowest BCUT2D eigenvalue weighted by Gasteiger charge is -2.32. The second-order valence-corrected chi connectivity index (χ2v) is 7.11. The fourth-order valence-electron chi connectivity index (χ4n) is 3.61. The van der Waals surface area contributed by atoms with E-state index in [9.17, 15) is 4.79 Å².